The Bertz CT molecular complexity index is 640. The van der Waals surface area contributed by atoms with Gasteiger partial charge >= 0.3 is 0 Å². The van der Waals surface area contributed by atoms with Gasteiger partial charge in [0.1, 0.15) is 0 Å². The topological polar surface area (TPSA) is 64.0 Å². The average Bonchev–Trinajstić information content (AvgIpc) is 2.41. The van der Waals surface area contributed by atoms with Crippen LogP contribution in [0.2, 0.25) is 0 Å². The van der Waals surface area contributed by atoms with Gasteiger partial charge in [0.15, 0.2) is 0 Å². The van der Waals surface area contributed by atoms with Gasteiger partial charge in [-0.15, -0.1) is 0 Å². The number of halogens is 1. The number of aromatic nitrogens is 2. The van der Waals surface area contributed by atoms with Crippen molar-refractivity contribution >= 4 is 21.8 Å². The maximum Gasteiger partial charge on any atom is 0.253 e. The van der Waals surface area contributed by atoms with Crippen molar-refractivity contribution in [3.8, 4) is 0 Å². The van der Waals surface area contributed by atoms with E-state index in [-0.39, 0.29) is 11.5 Å². The van der Waals surface area contributed by atoms with Gasteiger partial charge in [-0.3, -0.25) is 14.2 Å². The van der Waals surface area contributed by atoms with Crippen LogP contribution in [0.5, 0.6) is 0 Å². The smallest absolute Gasteiger partial charge is 0.253 e. The van der Waals surface area contributed by atoms with E-state index in [9.17, 15) is 9.59 Å². The summed E-state index contributed by atoms with van der Waals surface area (Å²) in [4.78, 5) is 27.1. The number of nitrogens with zero attached hydrogens (tertiary/aromatic N) is 2. The van der Waals surface area contributed by atoms with E-state index in [0.29, 0.717) is 18.7 Å². The Morgan fingerprint density at radius 3 is 2.95 bits per heavy atom. The lowest BCUT2D eigenvalue weighted by molar-refractivity contribution is 0.0952. The van der Waals surface area contributed by atoms with Crippen LogP contribution in [0, 0.1) is 0 Å². The van der Waals surface area contributed by atoms with Gasteiger partial charge in [0.05, 0.1) is 6.33 Å². The summed E-state index contributed by atoms with van der Waals surface area (Å²) >= 11 is 3.31. The number of rotatable bonds is 4. The average molecular weight is 322 g/mol. The van der Waals surface area contributed by atoms with Crippen molar-refractivity contribution < 1.29 is 4.79 Å². The molecule has 0 fully saturated rings. The van der Waals surface area contributed by atoms with Gasteiger partial charge in [-0.05, 0) is 18.2 Å². The minimum atomic E-state index is -0.168. The van der Waals surface area contributed by atoms with E-state index >= 15 is 0 Å². The minimum Gasteiger partial charge on any atom is -0.350 e. The summed E-state index contributed by atoms with van der Waals surface area (Å²) in [5.41, 5.74) is 0.444. The summed E-state index contributed by atoms with van der Waals surface area (Å²) in [5.74, 6) is -0.168. The zero-order valence-electron chi connectivity index (χ0n) is 10.0. The second-order valence-electron chi connectivity index (χ2n) is 3.88. The molecular formula is C13H12BrN3O2. The summed E-state index contributed by atoms with van der Waals surface area (Å²) in [5, 5.41) is 2.75. The molecule has 0 radical (unpaired) electrons. The number of amides is 1. The fourth-order valence-electron chi connectivity index (χ4n) is 1.57. The molecule has 2 aromatic rings. The molecule has 0 bridgehead atoms. The monoisotopic (exact) mass is 321 g/mol. The second kappa shape index (κ2) is 6.29. The Morgan fingerprint density at radius 2 is 2.21 bits per heavy atom. The molecule has 0 atom stereocenters. The number of carbonyl (C=O) groups is 1. The van der Waals surface area contributed by atoms with Crippen LogP contribution in [-0.2, 0) is 6.54 Å². The second-order valence-corrected chi connectivity index (χ2v) is 4.79. The number of hydrogen-bond donors (Lipinski definition) is 1. The van der Waals surface area contributed by atoms with E-state index in [4.69, 9.17) is 0 Å². The molecule has 1 N–H and O–H groups in total. The first-order valence-electron chi connectivity index (χ1n) is 5.71. The molecule has 0 aliphatic carbocycles. The highest BCUT2D eigenvalue weighted by Crippen LogP contribution is 2.11. The zero-order valence-corrected chi connectivity index (χ0v) is 11.6. The van der Waals surface area contributed by atoms with Crippen molar-refractivity contribution in [1.29, 1.82) is 0 Å². The predicted octanol–water partition coefficient (Wildman–Crippen LogP) is 1.44. The molecule has 0 unspecified atom stereocenters. The number of carbonyl (C=O) groups excluding carboxylic acids is 1. The van der Waals surface area contributed by atoms with E-state index in [1.165, 1.54) is 23.2 Å². The van der Waals surface area contributed by atoms with Gasteiger partial charge < -0.3 is 5.32 Å². The zero-order chi connectivity index (χ0) is 13.7. The fraction of sp³-hybridized carbons (Fsp3) is 0.154. The Morgan fingerprint density at radius 1 is 1.37 bits per heavy atom. The Hall–Kier alpha value is -1.95. The van der Waals surface area contributed by atoms with Gasteiger partial charge in [-0.2, -0.15) is 0 Å². The van der Waals surface area contributed by atoms with Crippen LogP contribution in [0.25, 0.3) is 0 Å². The highest BCUT2D eigenvalue weighted by Gasteiger charge is 2.04. The van der Waals surface area contributed by atoms with Crippen LogP contribution in [0.1, 0.15) is 10.4 Å². The highest BCUT2D eigenvalue weighted by atomic mass is 79.9. The minimum absolute atomic E-state index is 0.133. The molecule has 1 amide bonds. The number of benzene rings is 1. The molecule has 19 heavy (non-hydrogen) atoms. The maximum absolute atomic E-state index is 11.8. The molecule has 0 aliphatic heterocycles. The summed E-state index contributed by atoms with van der Waals surface area (Å²) in [6.07, 6.45) is 2.90. The number of hydrogen-bond acceptors (Lipinski definition) is 3. The van der Waals surface area contributed by atoms with Crippen LogP contribution < -0.4 is 10.9 Å². The van der Waals surface area contributed by atoms with E-state index in [1.54, 1.807) is 18.2 Å². The lowest BCUT2D eigenvalue weighted by Gasteiger charge is -2.07. The van der Waals surface area contributed by atoms with Crippen molar-refractivity contribution in [1.82, 2.24) is 14.9 Å². The highest BCUT2D eigenvalue weighted by molar-refractivity contribution is 9.10. The van der Waals surface area contributed by atoms with Crippen molar-refractivity contribution in [2.75, 3.05) is 6.54 Å². The summed E-state index contributed by atoms with van der Waals surface area (Å²) in [6, 6.07) is 8.51. The van der Waals surface area contributed by atoms with Crippen LogP contribution in [0.3, 0.4) is 0 Å². The third kappa shape index (κ3) is 3.75. The summed E-state index contributed by atoms with van der Waals surface area (Å²) in [6.45, 7) is 0.767. The number of nitrogens with one attached hydrogen (secondary N) is 1. The Labute approximate surface area is 118 Å². The predicted molar refractivity (Wildman–Crippen MR) is 75.0 cm³/mol. The van der Waals surface area contributed by atoms with Crippen LogP contribution >= 0.6 is 15.9 Å². The van der Waals surface area contributed by atoms with Crippen LogP contribution in [-0.4, -0.2) is 22.0 Å². The molecule has 1 aromatic carbocycles. The van der Waals surface area contributed by atoms with Crippen molar-refractivity contribution in [3.05, 3.63) is 63.2 Å². The molecule has 6 heteroatoms. The molecule has 1 heterocycles. The van der Waals surface area contributed by atoms with E-state index < -0.39 is 0 Å². The standard InChI is InChI=1S/C13H12BrN3O2/c14-11-3-1-2-10(8-11)13(19)16-6-7-17-9-15-5-4-12(17)18/h1-5,8-9H,6-7H2,(H,16,19). The Balaban J connectivity index is 1.91. The molecular weight excluding hydrogens is 310 g/mol. The molecule has 1 aromatic heterocycles. The molecule has 0 aliphatic rings. The van der Waals surface area contributed by atoms with E-state index in [1.807, 2.05) is 6.07 Å². The van der Waals surface area contributed by atoms with Crippen LogP contribution in [0.15, 0.2) is 52.1 Å². The van der Waals surface area contributed by atoms with Gasteiger partial charge in [0.2, 0.25) is 0 Å². The van der Waals surface area contributed by atoms with Crippen molar-refractivity contribution in [2.24, 2.45) is 0 Å². The van der Waals surface area contributed by atoms with E-state index in [2.05, 4.69) is 26.2 Å². The van der Waals surface area contributed by atoms with Crippen LogP contribution in [0.4, 0.5) is 0 Å². The third-order valence-electron chi connectivity index (χ3n) is 2.52. The first kappa shape index (κ1) is 13.5. The van der Waals surface area contributed by atoms with Crippen molar-refractivity contribution in [3.63, 3.8) is 0 Å². The largest absolute Gasteiger partial charge is 0.350 e. The van der Waals surface area contributed by atoms with Gasteiger partial charge in [-0.1, -0.05) is 22.0 Å². The van der Waals surface area contributed by atoms with Gasteiger partial charge in [0.25, 0.3) is 11.5 Å². The lowest BCUT2D eigenvalue weighted by Crippen LogP contribution is -2.30. The third-order valence-corrected chi connectivity index (χ3v) is 3.01. The maximum atomic E-state index is 11.8. The molecule has 98 valence electrons. The van der Waals surface area contributed by atoms with E-state index in [0.717, 1.165) is 4.47 Å². The van der Waals surface area contributed by atoms with Gasteiger partial charge in [-0.25, -0.2) is 4.98 Å². The first-order valence-corrected chi connectivity index (χ1v) is 6.50. The quantitative estimate of drug-likeness (QED) is 0.926. The van der Waals surface area contributed by atoms with Gasteiger partial charge in [0, 0.05) is 35.4 Å². The summed E-state index contributed by atoms with van der Waals surface area (Å²) < 4.78 is 2.30. The SMILES string of the molecule is O=C(NCCn1cnccc1=O)c1cccc(Br)c1. The molecule has 0 spiro atoms. The molecule has 0 saturated carbocycles. The molecule has 5 nitrogen and oxygen atoms in total. The first-order chi connectivity index (χ1) is 9.16. The fourth-order valence-corrected chi connectivity index (χ4v) is 1.97. The normalized spacial score (nSPS) is 10.2. The molecule has 0 saturated heterocycles. The summed E-state index contributed by atoms with van der Waals surface area (Å²) in [7, 11) is 0. The Kier molecular flexibility index (Phi) is 4.46. The molecule has 2 rings (SSSR count). The lowest BCUT2D eigenvalue weighted by atomic mass is 10.2. The van der Waals surface area contributed by atoms with Crippen molar-refractivity contribution in [2.45, 2.75) is 6.54 Å².